The van der Waals surface area contributed by atoms with Gasteiger partial charge in [-0.15, -0.1) is 0 Å². The number of rotatable bonds is 2. The molecule has 2 unspecified atom stereocenters. The Morgan fingerprint density at radius 3 is 3.06 bits per heavy atom. The molecule has 3 heterocycles. The third-order valence-electron chi connectivity index (χ3n) is 4.20. The lowest BCUT2D eigenvalue weighted by atomic mass is 10.0. The molecule has 0 amide bonds. The molecule has 0 spiro atoms. The predicted molar refractivity (Wildman–Crippen MR) is 69.2 cm³/mol. The molecule has 94 valence electrons. The van der Waals surface area contributed by atoms with Gasteiger partial charge < -0.3 is 9.88 Å². The fraction of sp³-hybridized carbons (Fsp3) is 0.786. The van der Waals surface area contributed by atoms with Crippen LogP contribution in [0.5, 0.6) is 0 Å². The summed E-state index contributed by atoms with van der Waals surface area (Å²) >= 11 is 0. The van der Waals surface area contributed by atoms with Crippen molar-refractivity contribution in [2.75, 3.05) is 6.54 Å². The molecule has 0 saturated carbocycles. The van der Waals surface area contributed by atoms with Crippen LogP contribution in [0.4, 0.5) is 0 Å². The zero-order chi connectivity index (χ0) is 11.7. The van der Waals surface area contributed by atoms with Crippen molar-refractivity contribution >= 4 is 0 Å². The molecule has 1 fully saturated rings. The second kappa shape index (κ2) is 4.81. The van der Waals surface area contributed by atoms with Gasteiger partial charge in [0.1, 0.15) is 5.82 Å². The Morgan fingerprint density at radius 2 is 2.29 bits per heavy atom. The molecule has 2 aliphatic rings. The maximum atomic E-state index is 4.85. The number of aryl methyl sites for hydroxylation is 1. The van der Waals surface area contributed by atoms with E-state index in [1.807, 2.05) is 0 Å². The van der Waals surface area contributed by atoms with Crippen LogP contribution >= 0.6 is 0 Å². The minimum Gasteiger partial charge on any atom is -0.334 e. The Labute approximate surface area is 104 Å². The highest BCUT2D eigenvalue weighted by molar-refractivity contribution is 5.11. The smallest absolute Gasteiger partial charge is 0.111 e. The van der Waals surface area contributed by atoms with Crippen LogP contribution in [0, 0.1) is 0 Å². The van der Waals surface area contributed by atoms with Crippen molar-refractivity contribution in [2.24, 2.45) is 0 Å². The van der Waals surface area contributed by atoms with Gasteiger partial charge in [-0.3, -0.25) is 0 Å². The topological polar surface area (TPSA) is 29.9 Å². The summed E-state index contributed by atoms with van der Waals surface area (Å²) in [5.41, 5.74) is 1.30. The molecule has 1 aromatic rings. The standard InChI is InChI=1S/C14H23N3/c1-11-5-4-8-17-10-13(16-14(11)17)9-12-6-2-3-7-15-12/h10-12,15H,2-9H2,1H3. The quantitative estimate of drug-likeness (QED) is 0.850. The number of fused-ring (bicyclic) bond motifs is 1. The normalized spacial score (nSPS) is 29.0. The van der Waals surface area contributed by atoms with E-state index in [2.05, 4.69) is 23.0 Å². The van der Waals surface area contributed by atoms with Gasteiger partial charge in [-0.25, -0.2) is 4.98 Å². The number of nitrogens with one attached hydrogen (secondary N) is 1. The molecule has 2 aliphatic heterocycles. The van der Waals surface area contributed by atoms with Gasteiger partial charge in [0.05, 0.1) is 5.69 Å². The third-order valence-corrected chi connectivity index (χ3v) is 4.20. The van der Waals surface area contributed by atoms with Crippen molar-refractivity contribution in [3.63, 3.8) is 0 Å². The summed E-state index contributed by atoms with van der Waals surface area (Å²) in [6, 6.07) is 0.663. The Balaban J connectivity index is 1.71. The van der Waals surface area contributed by atoms with Gasteiger partial charge in [0, 0.05) is 31.1 Å². The number of hydrogen-bond acceptors (Lipinski definition) is 2. The van der Waals surface area contributed by atoms with E-state index in [1.54, 1.807) is 0 Å². The van der Waals surface area contributed by atoms with E-state index in [9.17, 15) is 0 Å². The fourth-order valence-corrected chi connectivity index (χ4v) is 3.20. The molecule has 1 saturated heterocycles. The lowest BCUT2D eigenvalue weighted by Gasteiger charge is -2.22. The van der Waals surface area contributed by atoms with Gasteiger partial charge in [0.25, 0.3) is 0 Å². The minimum atomic E-state index is 0.650. The zero-order valence-electron chi connectivity index (χ0n) is 10.8. The van der Waals surface area contributed by atoms with Crippen molar-refractivity contribution < 1.29 is 0 Å². The highest BCUT2D eigenvalue weighted by atomic mass is 15.1. The van der Waals surface area contributed by atoms with E-state index in [0.717, 1.165) is 6.42 Å². The number of aromatic nitrogens is 2. The average molecular weight is 233 g/mol. The minimum absolute atomic E-state index is 0.650. The van der Waals surface area contributed by atoms with Crippen molar-refractivity contribution in [3.05, 3.63) is 17.7 Å². The Morgan fingerprint density at radius 1 is 1.35 bits per heavy atom. The first-order valence-corrected chi connectivity index (χ1v) is 7.12. The Hall–Kier alpha value is -0.830. The predicted octanol–water partition coefficient (Wildman–Crippen LogP) is 2.46. The lowest BCUT2D eigenvalue weighted by Crippen LogP contribution is -2.35. The van der Waals surface area contributed by atoms with Crippen LogP contribution in [-0.4, -0.2) is 22.1 Å². The van der Waals surface area contributed by atoms with Gasteiger partial charge in [-0.05, 0) is 32.2 Å². The van der Waals surface area contributed by atoms with E-state index in [1.165, 1.54) is 56.7 Å². The van der Waals surface area contributed by atoms with Gasteiger partial charge >= 0.3 is 0 Å². The van der Waals surface area contributed by atoms with Crippen LogP contribution in [0.15, 0.2) is 6.20 Å². The SMILES string of the molecule is CC1CCCn2cc(CC3CCCCN3)nc21. The second-order valence-corrected chi connectivity index (χ2v) is 5.68. The third kappa shape index (κ3) is 2.39. The molecule has 1 aromatic heterocycles. The summed E-state index contributed by atoms with van der Waals surface area (Å²) in [7, 11) is 0. The number of piperidine rings is 1. The van der Waals surface area contributed by atoms with Gasteiger partial charge in [0.15, 0.2) is 0 Å². The van der Waals surface area contributed by atoms with Crippen molar-refractivity contribution in [3.8, 4) is 0 Å². The highest BCUT2D eigenvalue weighted by Gasteiger charge is 2.21. The zero-order valence-corrected chi connectivity index (χ0v) is 10.8. The monoisotopic (exact) mass is 233 g/mol. The van der Waals surface area contributed by atoms with Gasteiger partial charge in [0.2, 0.25) is 0 Å². The van der Waals surface area contributed by atoms with E-state index in [-0.39, 0.29) is 0 Å². The van der Waals surface area contributed by atoms with Crippen LogP contribution in [0.1, 0.15) is 56.5 Å². The van der Waals surface area contributed by atoms with E-state index in [0.29, 0.717) is 12.0 Å². The fourth-order valence-electron chi connectivity index (χ4n) is 3.20. The molecule has 1 N–H and O–H groups in total. The molecule has 17 heavy (non-hydrogen) atoms. The lowest BCUT2D eigenvalue weighted by molar-refractivity contribution is 0.397. The molecule has 3 nitrogen and oxygen atoms in total. The molecule has 0 radical (unpaired) electrons. The highest BCUT2D eigenvalue weighted by Crippen LogP contribution is 2.26. The molecule has 3 rings (SSSR count). The second-order valence-electron chi connectivity index (χ2n) is 5.68. The summed E-state index contributed by atoms with van der Waals surface area (Å²) < 4.78 is 2.38. The van der Waals surface area contributed by atoms with Gasteiger partial charge in [-0.1, -0.05) is 13.3 Å². The van der Waals surface area contributed by atoms with Crippen LogP contribution in [0.2, 0.25) is 0 Å². The summed E-state index contributed by atoms with van der Waals surface area (Å²) in [6.07, 6.45) is 10.1. The molecule has 0 bridgehead atoms. The maximum absolute atomic E-state index is 4.85. The molecule has 0 aromatic carbocycles. The number of hydrogen-bond donors (Lipinski definition) is 1. The molecular weight excluding hydrogens is 210 g/mol. The van der Waals surface area contributed by atoms with E-state index < -0.39 is 0 Å². The van der Waals surface area contributed by atoms with Crippen LogP contribution in [0.25, 0.3) is 0 Å². The van der Waals surface area contributed by atoms with Crippen LogP contribution in [-0.2, 0) is 13.0 Å². The first-order chi connectivity index (χ1) is 8.33. The summed E-state index contributed by atoms with van der Waals surface area (Å²) in [5.74, 6) is 1.97. The molecule has 3 heteroatoms. The largest absolute Gasteiger partial charge is 0.334 e. The summed E-state index contributed by atoms with van der Waals surface area (Å²) in [5, 5.41) is 3.61. The first-order valence-electron chi connectivity index (χ1n) is 7.12. The number of nitrogens with zero attached hydrogens (tertiary/aromatic N) is 2. The summed E-state index contributed by atoms with van der Waals surface area (Å²) in [6.45, 7) is 4.67. The van der Waals surface area contributed by atoms with Crippen molar-refractivity contribution in [1.82, 2.24) is 14.9 Å². The van der Waals surface area contributed by atoms with Crippen LogP contribution in [0.3, 0.4) is 0 Å². The molecule has 0 aliphatic carbocycles. The van der Waals surface area contributed by atoms with E-state index >= 15 is 0 Å². The molecular formula is C14H23N3. The first kappa shape index (κ1) is 11.3. The number of imidazole rings is 1. The summed E-state index contributed by atoms with van der Waals surface area (Å²) in [4.78, 5) is 4.85. The maximum Gasteiger partial charge on any atom is 0.111 e. The molecule has 2 atom stereocenters. The van der Waals surface area contributed by atoms with Crippen molar-refractivity contribution in [1.29, 1.82) is 0 Å². The van der Waals surface area contributed by atoms with Crippen LogP contribution < -0.4 is 5.32 Å². The van der Waals surface area contributed by atoms with Gasteiger partial charge in [-0.2, -0.15) is 0 Å². The Kier molecular flexibility index (Phi) is 3.19. The Bertz CT molecular complexity index is 377. The van der Waals surface area contributed by atoms with E-state index in [4.69, 9.17) is 4.98 Å². The average Bonchev–Trinajstić information content (AvgIpc) is 2.74. The van der Waals surface area contributed by atoms with Crippen molar-refractivity contribution in [2.45, 2.75) is 64.0 Å².